The summed E-state index contributed by atoms with van der Waals surface area (Å²) in [5, 5.41) is 0. The molecule has 0 fully saturated rings. The van der Waals surface area contributed by atoms with Crippen LogP contribution in [-0.2, 0) is 0 Å². The molecule has 25 heavy (non-hydrogen) atoms. The molecule has 2 aliphatic heterocycles. The molecule has 0 aromatic carbocycles. The van der Waals surface area contributed by atoms with E-state index in [1.807, 2.05) is 48.6 Å². The molecule has 5 rings (SSSR count). The molecule has 0 saturated carbocycles. The number of aromatic amines is 2. The Kier molecular flexibility index (Phi) is 4.03. The summed E-state index contributed by atoms with van der Waals surface area (Å²) in [7, 11) is 0. The van der Waals surface area contributed by atoms with Gasteiger partial charge in [0, 0.05) is 45.1 Å². The standard InChI is InChI=1S/C20H14N4.Mg/c1-2-14-10-16-5-6-18(23-16)12-20-8-7-19(24-20)11-17-4-3-15(22-17)9-13(1)21-14;/h1-12,21,24H;. The van der Waals surface area contributed by atoms with Crippen LogP contribution in [0.3, 0.4) is 0 Å². The van der Waals surface area contributed by atoms with E-state index in [9.17, 15) is 0 Å². The molecule has 0 atom stereocenters. The fourth-order valence-electron chi connectivity index (χ4n) is 2.94. The Morgan fingerprint density at radius 2 is 0.760 bits per heavy atom. The lowest BCUT2D eigenvalue weighted by Gasteiger charge is -1.85. The van der Waals surface area contributed by atoms with Gasteiger partial charge in [0.1, 0.15) is 0 Å². The molecule has 0 saturated heterocycles. The van der Waals surface area contributed by atoms with Gasteiger partial charge in [0.2, 0.25) is 0 Å². The predicted octanol–water partition coefficient (Wildman–Crippen LogP) is 4.27. The molecule has 0 unspecified atom stereocenters. The van der Waals surface area contributed by atoms with E-state index in [0.29, 0.717) is 0 Å². The van der Waals surface area contributed by atoms with Gasteiger partial charge in [-0.25, -0.2) is 9.97 Å². The highest BCUT2D eigenvalue weighted by Crippen LogP contribution is 2.16. The van der Waals surface area contributed by atoms with Crippen molar-refractivity contribution in [1.29, 1.82) is 0 Å². The Morgan fingerprint density at radius 1 is 0.480 bits per heavy atom. The summed E-state index contributed by atoms with van der Waals surface area (Å²) in [6.07, 6.45) is 8.09. The second-order valence-electron chi connectivity index (χ2n) is 5.91. The molecular weight excluding hydrogens is 321 g/mol. The van der Waals surface area contributed by atoms with Crippen LogP contribution >= 0.6 is 0 Å². The van der Waals surface area contributed by atoms with Crippen LogP contribution in [0, 0.1) is 0 Å². The molecule has 2 aliphatic rings. The van der Waals surface area contributed by atoms with Crippen LogP contribution in [0.15, 0.2) is 48.5 Å². The van der Waals surface area contributed by atoms with Crippen molar-refractivity contribution in [1.82, 2.24) is 19.9 Å². The monoisotopic (exact) mass is 334 g/mol. The summed E-state index contributed by atoms with van der Waals surface area (Å²) < 4.78 is 0. The minimum Gasteiger partial charge on any atom is -0.355 e. The lowest BCUT2D eigenvalue weighted by Crippen LogP contribution is -1.75. The van der Waals surface area contributed by atoms with Gasteiger partial charge in [0.05, 0.1) is 22.8 Å². The first-order valence-corrected chi connectivity index (χ1v) is 7.85. The molecule has 0 spiro atoms. The lowest BCUT2D eigenvalue weighted by atomic mass is 10.3. The maximum Gasteiger partial charge on any atom is 0.0658 e. The molecule has 2 N–H and O–H groups in total. The molecule has 8 bridgehead atoms. The molecule has 5 heterocycles. The van der Waals surface area contributed by atoms with Crippen LogP contribution < -0.4 is 0 Å². The van der Waals surface area contributed by atoms with Crippen molar-refractivity contribution in [3.05, 3.63) is 71.3 Å². The summed E-state index contributed by atoms with van der Waals surface area (Å²) in [6, 6.07) is 16.4. The smallest absolute Gasteiger partial charge is 0.0658 e. The van der Waals surface area contributed by atoms with Gasteiger partial charge in [-0.1, -0.05) is 0 Å². The zero-order valence-corrected chi connectivity index (χ0v) is 14.9. The van der Waals surface area contributed by atoms with Crippen LogP contribution in [0.4, 0.5) is 0 Å². The fourth-order valence-corrected chi connectivity index (χ4v) is 2.94. The Bertz CT molecular complexity index is 990. The molecule has 5 heteroatoms. The van der Waals surface area contributed by atoms with Gasteiger partial charge in [-0.15, -0.1) is 0 Å². The maximum absolute atomic E-state index is 4.63. The maximum atomic E-state index is 4.63. The summed E-state index contributed by atoms with van der Waals surface area (Å²) in [5.74, 6) is 0. The van der Waals surface area contributed by atoms with E-state index < -0.39 is 0 Å². The van der Waals surface area contributed by atoms with Crippen LogP contribution in [0.1, 0.15) is 22.8 Å². The quantitative estimate of drug-likeness (QED) is 0.415. The second kappa shape index (κ2) is 6.35. The molecule has 2 radical (unpaired) electrons. The third-order valence-corrected chi connectivity index (χ3v) is 4.04. The van der Waals surface area contributed by atoms with Crippen LogP contribution in [-0.4, -0.2) is 43.0 Å². The van der Waals surface area contributed by atoms with Crippen LogP contribution in [0.2, 0.25) is 0 Å². The average Bonchev–Trinajstić information content (AvgIpc) is 3.32. The summed E-state index contributed by atoms with van der Waals surface area (Å²) in [4.78, 5) is 16.0. The Labute approximate surface area is 160 Å². The molecule has 3 aromatic heterocycles. The SMILES string of the molecule is C1=Cc2cc3ccc(cc4nc(cc5ccc(cc1n2)[nH]5)C=C4)[nH]3.[Mg]. The first-order valence-electron chi connectivity index (χ1n) is 7.85. The molecule has 3 aromatic rings. The van der Waals surface area contributed by atoms with Gasteiger partial charge >= 0.3 is 0 Å². The van der Waals surface area contributed by atoms with Crippen molar-refractivity contribution >= 4 is 69.4 Å². The Hall–Kier alpha value is -2.63. The second-order valence-corrected chi connectivity index (χ2v) is 5.91. The van der Waals surface area contributed by atoms with Gasteiger partial charge in [-0.3, -0.25) is 0 Å². The van der Waals surface area contributed by atoms with Crippen molar-refractivity contribution in [2.45, 2.75) is 0 Å². The third kappa shape index (κ3) is 3.29. The van der Waals surface area contributed by atoms with E-state index in [4.69, 9.17) is 0 Å². The van der Waals surface area contributed by atoms with Crippen LogP contribution in [0.25, 0.3) is 46.4 Å². The van der Waals surface area contributed by atoms with E-state index in [-0.39, 0.29) is 23.1 Å². The Balaban J connectivity index is 0.00000157. The fraction of sp³-hybridized carbons (Fsp3) is 0. The highest BCUT2D eigenvalue weighted by Gasteiger charge is 2.00. The molecule has 0 aliphatic carbocycles. The predicted molar refractivity (Wildman–Crippen MR) is 105 cm³/mol. The van der Waals surface area contributed by atoms with Gasteiger partial charge in [-0.05, 0) is 72.8 Å². The zero-order chi connectivity index (χ0) is 15.9. The summed E-state index contributed by atoms with van der Waals surface area (Å²) >= 11 is 0. The number of aromatic nitrogens is 4. The highest BCUT2D eigenvalue weighted by atomic mass is 24.3. The van der Waals surface area contributed by atoms with E-state index in [1.165, 1.54) is 0 Å². The van der Waals surface area contributed by atoms with Crippen molar-refractivity contribution in [3.8, 4) is 0 Å². The number of fused-ring (bicyclic) bond motifs is 8. The number of hydrogen-bond acceptors (Lipinski definition) is 2. The first kappa shape index (κ1) is 15.9. The number of hydrogen-bond donors (Lipinski definition) is 2. The van der Waals surface area contributed by atoms with E-state index in [0.717, 1.165) is 44.8 Å². The Morgan fingerprint density at radius 3 is 1.04 bits per heavy atom. The van der Waals surface area contributed by atoms with Crippen molar-refractivity contribution in [3.63, 3.8) is 0 Å². The lowest BCUT2D eigenvalue weighted by molar-refractivity contribution is 1.31. The van der Waals surface area contributed by atoms with E-state index >= 15 is 0 Å². The van der Waals surface area contributed by atoms with Gasteiger partial charge in [0.25, 0.3) is 0 Å². The minimum absolute atomic E-state index is 0. The summed E-state index contributed by atoms with van der Waals surface area (Å²) in [5.41, 5.74) is 7.86. The average molecular weight is 335 g/mol. The summed E-state index contributed by atoms with van der Waals surface area (Å²) in [6.45, 7) is 0. The molecular formula is C20H14MgN4. The number of nitrogens with zero attached hydrogens (tertiary/aromatic N) is 2. The molecule has 4 nitrogen and oxygen atoms in total. The zero-order valence-electron chi connectivity index (χ0n) is 13.5. The van der Waals surface area contributed by atoms with Gasteiger partial charge in [0.15, 0.2) is 0 Å². The number of H-pyrrole nitrogens is 2. The van der Waals surface area contributed by atoms with Crippen LogP contribution in [0.5, 0.6) is 0 Å². The topological polar surface area (TPSA) is 57.4 Å². The molecule has 116 valence electrons. The van der Waals surface area contributed by atoms with E-state index in [2.05, 4.69) is 44.2 Å². The van der Waals surface area contributed by atoms with Crippen molar-refractivity contribution in [2.75, 3.05) is 0 Å². The van der Waals surface area contributed by atoms with Crippen molar-refractivity contribution in [2.24, 2.45) is 0 Å². The highest BCUT2D eigenvalue weighted by molar-refractivity contribution is 5.77. The first-order chi connectivity index (χ1) is 11.8. The minimum atomic E-state index is 0. The number of nitrogens with one attached hydrogen (secondary N) is 2. The largest absolute Gasteiger partial charge is 0.355 e. The van der Waals surface area contributed by atoms with E-state index in [1.54, 1.807) is 0 Å². The van der Waals surface area contributed by atoms with Gasteiger partial charge in [-0.2, -0.15) is 0 Å². The molecule has 0 amide bonds. The van der Waals surface area contributed by atoms with Crippen molar-refractivity contribution < 1.29 is 0 Å². The number of rotatable bonds is 0. The van der Waals surface area contributed by atoms with Gasteiger partial charge < -0.3 is 9.97 Å². The normalized spacial score (nSPS) is 12.2. The third-order valence-electron chi connectivity index (χ3n) is 4.04.